The third-order valence-electron chi connectivity index (χ3n) is 3.46. The Kier molecular flexibility index (Phi) is 5.33. The third kappa shape index (κ3) is 3.68. The quantitative estimate of drug-likeness (QED) is 0.701. The lowest BCUT2D eigenvalue weighted by Crippen LogP contribution is -2.09. The van der Waals surface area contributed by atoms with Crippen LogP contribution < -0.4 is 5.32 Å². The van der Waals surface area contributed by atoms with Crippen LogP contribution >= 0.6 is 23.2 Å². The number of benzene rings is 2. The number of hydrogen-bond acceptors (Lipinski definition) is 1. The van der Waals surface area contributed by atoms with E-state index in [0.29, 0.717) is 10.0 Å². The molecule has 1 nitrogen and oxygen atoms in total. The molecule has 0 bridgehead atoms. The van der Waals surface area contributed by atoms with Crippen LogP contribution in [0, 0.1) is 0 Å². The SMILES string of the molecule is CCc1ccc(NC(CC)c2ccc(Cl)c(Cl)c2)cc1. The van der Waals surface area contributed by atoms with Gasteiger partial charge in [0, 0.05) is 5.69 Å². The molecule has 0 aliphatic rings. The fourth-order valence-electron chi connectivity index (χ4n) is 2.19. The molecule has 2 aromatic carbocycles. The number of halogens is 2. The van der Waals surface area contributed by atoms with Crippen molar-refractivity contribution in [2.75, 3.05) is 5.32 Å². The highest BCUT2D eigenvalue weighted by atomic mass is 35.5. The zero-order valence-electron chi connectivity index (χ0n) is 11.8. The van der Waals surface area contributed by atoms with Crippen molar-refractivity contribution in [2.24, 2.45) is 0 Å². The summed E-state index contributed by atoms with van der Waals surface area (Å²) in [5, 5.41) is 4.74. The number of hydrogen-bond donors (Lipinski definition) is 1. The number of anilines is 1. The minimum absolute atomic E-state index is 0.234. The third-order valence-corrected chi connectivity index (χ3v) is 4.20. The number of rotatable bonds is 5. The Morgan fingerprint density at radius 1 is 0.950 bits per heavy atom. The van der Waals surface area contributed by atoms with Gasteiger partial charge in [0.05, 0.1) is 16.1 Å². The minimum atomic E-state index is 0.234. The van der Waals surface area contributed by atoms with E-state index in [1.807, 2.05) is 18.2 Å². The smallest absolute Gasteiger partial charge is 0.0595 e. The van der Waals surface area contributed by atoms with Gasteiger partial charge in [-0.3, -0.25) is 0 Å². The lowest BCUT2D eigenvalue weighted by molar-refractivity contribution is 0.749. The van der Waals surface area contributed by atoms with Crippen LogP contribution in [-0.4, -0.2) is 0 Å². The molecule has 2 rings (SSSR count). The first-order chi connectivity index (χ1) is 9.63. The molecule has 0 aromatic heterocycles. The lowest BCUT2D eigenvalue weighted by atomic mass is 10.0. The Bertz CT molecular complexity index is 564. The van der Waals surface area contributed by atoms with E-state index in [4.69, 9.17) is 23.2 Å². The molecule has 0 saturated heterocycles. The van der Waals surface area contributed by atoms with Crippen molar-refractivity contribution in [3.63, 3.8) is 0 Å². The predicted molar refractivity (Wildman–Crippen MR) is 88.9 cm³/mol. The molecule has 2 aromatic rings. The average Bonchev–Trinajstić information content (AvgIpc) is 2.48. The highest BCUT2D eigenvalue weighted by molar-refractivity contribution is 6.42. The van der Waals surface area contributed by atoms with E-state index in [1.165, 1.54) is 5.56 Å². The molecule has 1 N–H and O–H groups in total. The first-order valence-electron chi connectivity index (χ1n) is 6.94. The maximum atomic E-state index is 6.10. The fraction of sp³-hybridized carbons (Fsp3) is 0.294. The van der Waals surface area contributed by atoms with Gasteiger partial charge in [0.1, 0.15) is 0 Å². The molecular formula is C17H19Cl2N. The first kappa shape index (κ1) is 15.2. The van der Waals surface area contributed by atoms with Crippen molar-refractivity contribution < 1.29 is 0 Å². The summed E-state index contributed by atoms with van der Waals surface area (Å²) in [7, 11) is 0. The van der Waals surface area contributed by atoms with E-state index >= 15 is 0 Å². The molecule has 0 aliphatic heterocycles. The summed E-state index contributed by atoms with van der Waals surface area (Å²) in [6.45, 7) is 4.31. The Morgan fingerprint density at radius 2 is 1.65 bits per heavy atom. The van der Waals surface area contributed by atoms with E-state index < -0.39 is 0 Å². The molecule has 3 heteroatoms. The normalized spacial score (nSPS) is 12.2. The fourth-order valence-corrected chi connectivity index (χ4v) is 2.49. The second kappa shape index (κ2) is 7.01. The van der Waals surface area contributed by atoms with Gasteiger partial charge in [-0.2, -0.15) is 0 Å². The molecule has 1 atom stereocenters. The molecule has 0 spiro atoms. The summed E-state index contributed by atoms with van der Waals surface area (Å²) in [5.74, 6) is 0. The van der Waals surface area contributed by atoms with Gasteiger partial charge < -0.3 is 5.32 Å². The Morgan fingerprint density at radius 3 is 2.20 bits per heavy atom. The maximum absolute atomic E-state index is 6.10. The first-order valence-corrected chi connectivity index (χ1v) is 7.70. The molecule has 20 heavy (non-hydrogen) atoms. The van der Waals surface area contributed by atoms with E-state index in [1.54, 1.807) is 0 Å². The zero-order chi connectivity index (χ0) is 14.5. The molecule has 0 heterocycles. The van der Waals surface area contributed by atoms with Gasteiger partial charge in [-0.1, -0.05) is 55.2 Å². The summed E-state index contributed by atoms with van der Waals surface area (Å²) in [6, 6.07) is 14.6. The van der Waals surface area contributed by atoms with Crippen LogP contribution in [0.15, 0.2) is 42.5 Å². The molecule has 0 fully saturated rings. The van der Waals surface area contributed by atoms with Crippen molar-refractivity contribution in [3.05, 3.63) is 63.6 Å². The van der Waals surface area contributed by atoms with Crippen molar-refractivity contribution in [2.45, 2.75) is 32.7 Å². The van der Waals surface area contributed by atoms with Crippen LogP contribution in [0.25, 0.3) is 0 Å². The summed E-state index contributed by atoms with van der Waals surface area (Å²) in [4.78, 5) is 0. The van der Waals surface area contributed by atoms with Gasteiger partial charge >= 0.3 is 0 Å². The van der Waals surface area contributed by atoms with Crippen LogP contribution in [0.4, 0.5) is 5.69 Å². The molecule has 0 amide bonds. The monoisotopic (exact) mass is 307 g/mol. The number of nitrogens with one attached hydrogen (secondary N) is 1. The molecule has 1 unspecified atom stereocenters. The topological polar surface area (TPSA) is 12.0 Å². The maximum Gasteiger partial charge on any atom is 0.0595 e. The van der Waals surface area contributed by atoms with Crippen molar-refractivity contribution in [1.29, 1.82) is 0 Å². The second-order valence-electron chi connectivity index (χ2n) is 4.83. The Hall–Kier alpha value is -1.18. The van der Waals surface area contributed by atoms with Gasteiger partial charge in [-0.05, 0) is 48.2 Å². The van der Waals surface area contributed by atoms with Gasteiger partial charge in [-0.15, -0.1) is 0 Å². The molecular weight excluding hydrogens is 289 g/mol. The van der Waals surface area contributed by atoms with Crippen LogP contribution in [-0.2, 0) is 6.42 Å². The van der Waals surface area contributed by atoms with Gasteiger partial charge in [-0.25, -0.2) is 0 Å². The summed E-state index contributed by atoms with van der Waals surface area (Å²) < 4.78 is 0. The molecule has 0 radical (unpaired) electrons. The Labute approximate surface area is 130 Å². The molecule has 0 aliphatic carbocycles. The van der Waals surface area contributed by atoms with Crippen molar-refractivity contribution >= 4 is 28.9 Å². The molecule has 0 saturated carbocycles. The lowest BCUT2D eigenvalue weighted by Gasteiger charge is -2.19. The van der Waals surface area contributed by atoms with Crippen molar-refractivity contribution in [3.8, 4) is 0 Å². The van der Waals surface area contributed by atoms with Gasteiger partial charge in [0.15, 0.2) is 0 Å². The van der Waals surface area contributed by atoms with Crippen LogP contribution in [0.3, 0.4) is 0 Å². The highest BCUT2D eigenvalue weighted by Crippen LogP contribution is 2.29. The van der Waals surface area contributed by atoms with Gasteiger partial charge in [0.25, 0.3) is 0 Å². The minimum Gasteiger partial charge on any atom is -0.378 e. The standard InChI is InChI=1S/C17H19Cl2N/c1-3-12-5-8-14(9-6-12)20-17(4-2)13-7-10-15(18)16(19)11-13/h5-11,17,20H,3-4H2,1-2H3. The van der Waals surface area contributed by atoms with Crippen LogP contribution in [0.5, 0.6) is 0 Å². The summed E-state index contributed by atoms with van der Waals surface area (Å²) in [6.07, 6.45) is 2.04. The molecule has 106 valence electrons. The van der Waals surface area contributed by atoms with Crippen LogP contribution in [0.1, 0.15) is 37.4 Å². The van der Waals surface area contributed by atoms with E-state index in [0.717, 1.165) is 24.1 Å². The summed E-state index contributed by atoms with van der Waals surface area (Å²) >= 11 is 12.1. The zero-order valence-corrected chi connectivity index (χ0v) is 13.3. The second-order valence-corrected chi connectivity index (χ2v) is 5.64. The largest absolute Gasteiger partial charge is 0.378 e. The van der Waals surface area contributed by atoms with Crippen LogP contribution in [0.2, 0.25) is 10.0 Å². The highest BCUT2D eigenvalue weighted by Gasteiger charge is 2.10. The van der Waals surface area contributed by atoms with E-state index in [-0.39, 0.29) is 6.04 Å². The van der Waals surface area contributed by atoms with E-state index in [2.05, 4.69) is 43.4 Å². The average molecular weight is 308 g/mol. The van der Waals surface area contributed by atoms with Gasteiger partial charge in [0.2, 0.25) is 0 Å². The van der Waals surface area contributed by atoms with Crippen molar-refractivity contribution in [1.82, 2.24) is 0 Å². The Balaban J connectivity index is 2.16. The number of aryl methyl sites for hydroxylation is 1. The van der Waals surface area contributed by atoms with E-state index in [9.17, 15) is 0 Å². The predicted octanol–water partition coefficient (Wildman–Crippen LogP) is 6.12. The summed E-state index contributed by atoms with van der Waals surface area (Å²) in [5.41, 5.74) is 3.62.